The predicted molar refractivity (Wildman–Crippen MR) is 122 cm³/mol. The number of nitrogens with zero attached hydrogens (tertiary/aromatic N) is 2. The van der Waals surface area contributed by atoms with Crippen LogP contribution in [-0.4, -0.2) is 41.8 Å². The number of aliphatic imine (C=N–C) groups is 1. The number of rotatable bonds is 6. The highest BCUT2D eigenvalue weighted by Crippen LogP contribution is 2.28. The number of carbonyl (C=O) groups excluding carboxylic acids is 1. The summed E-state index contributed by atoms with van der Waals surface area (Å²) in [5.41, 5.74) is 10.1. The molecule has 3 aromatic carbocycles. The lowest BCUT2D eigenvalue weighted by Gasteiger charge is -2.17. The van der Waals surface area contributed by atoms with E-state index in [2.05, 4.69) is 4.99 Å². The molecule has 6 nitrogen and oxygen atoms in total. The molecule has 3 aromatic rings. The minimum absolute atomic E-state index is 0.130. The average Bonchev–Trinajstić information content (AvgIpc) is 2.73. The molecule has 1 amide bonds. The van der Waals surface area contributed by atoms with Crippen molar-refractivity contribution in [2.24, 2.45) is 10.7 Å². The van der Waals surface area contributed by atoms with Crippen molar-refractivity contribution in [3.05, 3.63) is 94.3 Å². The van der Waals surface area contributed by atoms with Gasteiger partial charge in [-0.05, 0) is 67.5 Å². The molecular weight excluding hydrogens is 409 g/mol. The number of halogens is 1. The van der Waals surface area contributed by atoms with Crippen LogP contribution in [-0.2, 0) is 6.54 Å². The van der Waals surface area contributed by atoms with Gasteiger partial charge in [0.1, 0.15) is 11.7 Å². The number of carbonyl (C=O) groups is 2. The van der Waals surface area contributed by atoms with Crippen LogP contribution >= 0.6 is 0 Å². The zero-order valence-electron chi connectivity index (χ0n) is 18.1. The maximum atomic E-state index is 14.0. The lowest BCUT2D eigenvalue weighted by atomic mass is 9.94. The maximum absolute atomic E-state index is 14.0. The molecule has 3 rings (SSSR count). The number of hydrogen-bond acceptors (Lipinski definition) is 3. The fourth-order valence-corrected chi connectivity index (χ4v) is 3.42. The lowest BCUT2D eigenvalue weighted by Crippen LogP contribution is -2.17. The van der Waals surface area contributed by atoms with Crippen LogP contribution < -0.4 is 5.73 Å². The number of benzene rings is 3. The van der Waals surface area contributed by atoms with Crippen LogP contribution in [0.25, 0.3) is 11.1 Å². The van der Waals surface area contributed by atoms with E-state index < -0.39 is 23.3 Å². The molecule has 0 radical (unpaired) electrons. The predicted octanol–water partition coefficient (Wildman–Crippen LogP) is 4.11. The molecule has 0 heterocycles. The van der Waals surface area contributed by atoms with Crippen molar-refractivity contribution in [3.63, 3.8) is 0 Å². The van der Waals surface area contributed by atoms with Crippen LogP contribution in [0.2, 0.25) is 0 Å². The second-order valence-electron chi connectivity index (χ2n) is 7.73. The van der Waals surface area contributed by atoms with Crippen LogP contribution in [0.4, 0.5) is 4.39 Å². The molecule has 32 heavy (non-hydrogen) atoms. The van der Waals surface area contributed by atoms with E-state index in [0.29, 0.717) is 12.1 Å². The van der Waals surface area contributed by atoms with E-state index in [1.807, 2.05) is 56.3 Å². The summed E-state index contributed by atoms with van der Waals surface area (Å²) in [7, 11) is 3.89. The van der Waals surface area contributed by atoms with Crippen molar-refractivity contribution in [2.45, 2.75) is 13.5 Å². The van der Waals surface area contributed by atoms with Crippen molar-refractivity contribution in [1.82, 2.24) is 4.90 Å². The second kappa shape index (κ2) is 9.53. The number of aromatic carboxylic acids is 1. The van der Waals surface area contributed by atoms with Gasteiger partial charge in [-0.25, -0.2) is 9.18 Å². The Morgan fingerprint density at radius 3 is 2.31 bits per heavy atom. The van der Waals surface area contributed by atoms with Crippen molar-refractivity contribution in [3.8, 4) is 11.1 Å². The third-order valence-electron chi connectivity index (χ3n) is 4.99. The molecule has 0 saturated heterocycles. The third kappa shape index (κ3) is 5.07. The first-order valence-electron chi connectivity index (χ1n) is 9.92. The molecule has 0 aromatic heterocycles. The summed E-state index contributed by atoms with van der Waals surface area (Å²) in [6.07, 6.45) is 0. The van der Waals surface area contributed by atoms with Crippen LogP contribution in [0.1, 0.15) is 37.4 Å². The Balaban J connectivity index is 1.97. The highest BCUT2D eigenvalue weighted by Gasteiger charge is 2.15. The molecule has 7 heteroatoms. The summed E-state index contributed by atoms with van der Waals surface area (Å²) in [5, 5.41) is 8.94. The van der Waals surface area contributed by atoms with E-state index in [-0.39, 0.29) is 11.4 Å². The third-order valence-corrected chi connectivity index (χ3v) is 4.99. The van der Waals surface area contributed by atoms with Gasteiger partial charge in [0.25, 0.3) is 5.91 Å². The highest BCUT2D eigenvalue weighted by molar-refractivity contribution is 6.09. The number of aryl methyl sites for hydroxylation is 1. The van der Waals surface area contributed by atoms with Gasteiger partial charge in [0.15, 0.2) is 0 Å². The van der Waals surface area contributed by atoms with Crippen molar-refractivity contribution in [1.29, 1.82) is 0 Å². The molecule has 0 bridgehead atoms. The van der Waals surface area contributed by atoms with E-state index in [1.165, 1.54) is 6.07 Å². The SMILES string of the molecule is Cc1ccccc1-c1ccc(C(=O)N=C(N)c2ccc(C(=O)O)c(F)c2)cc1CN(C)C. The summed E-state index contributed by atoms with van der Waals surface area (Å²) in [5.74, 6) is -3.09. The molecule has 3 N–H and O–H groups in total. The first-order valence-corrected chi connectivity index (χ1v) is 9.92. The van der Waals surface area contributed by atoms with Crippen molar-refractivity contribution < 1.29 is 19.1 Å². The lowest BCUT2D eigenvalue weighted by molar-refractivity contribution is 0.0691. The number of carboxylic acids is 1. The first kappa shape index (κ1) is 22.8. The number of carboxylic acid groups (broad SMARTS) is 1. The molecule has 0 fully saturated rings. The van der Waals surface area contributed by atoms with Gasteiger partial charge in [0.05, 0.1) is 5.56 Å². The summed E-state index contributed by atoms with van der Waals surface area (Å²) >= 11 is 0. The van der Waals surface area contributed by atoms with Gasteiger partial charge in [-0.3, -0.25) is 4.79 Å². The van der Waals surface area contributed by atoms with Gasteiger partial charge in [0.2, 0.25) is 0 Å². The van der Waals surface area contributed by atoms with Gasteiger partial charge >= 0.3 is 5.97 Å². The quantitative estimate of drug-likeness (QED) is 0.451. The van der Waals surface area contributed by atoms with E-state index in [4.69, 9.17) is 10.8 Å². The number of nitrogens with two attached hydrogens (primary N) is 1. The molecule has 0 atom stereocenters. The summed E-state index contributed by atoms with van der Waals surface area (Å²) in [6, 6.07) is 16.7. The molecule has 0 aliphatic rings. The molecule has 0 saturated carbocycles. The van der Waals surface area contributed by atoms with Crippen LogP contribution in [0.15, 0.2) is 65.7 Å². The van der Waals surface area contributed by atoms with Crippen LogP contribution in [0.5, 0.6) is 0 Å². The Hall–Kier alpha value is -3.84. The zero-order chi connectivity index (χ0) is 23.4. The molecule has 0 aliphatic carbocycles. The van der Waals surface area contributed by atoms with Crippen molar-refractivity contribution in [2.75, 3.05) is 14.1 Å². The Bertz CT molecular complexity index is 1220. The molecule has 0 spiro atoms. The Morgan fingerprint density at radius 2 is 1.69 bits per heavy atom. The van der Waals surface area contributed by atoms with Crippen LogP contribution in [0, 0.1) is 12.7 Å². The summed E-state index contributed by atoms with van der Waals surface area (Å²) in [6.45, 7) is 2.65. The van der Waals surface area contributed by atoms with E-state index >= 15 is 0 Å². The van der Waals surface area contributed by atoms with Gasteiger partial charge in [-0.15, -0.1) is 0 Å². The highest BCUT2D eigenvalue weighted by atomic mass is 19.1. The topological polar surface area (TPSA) is 96.0 Å². The van der Waals surface area contributed by atoms with Gasteiger partial charge in [-0.1, -0.05) is 36.4 Å². The molecule has 164 valence electrons. The largest absolute Gasteiger partial charge is 0.478 e. The monoisotopic (exact) mass is 433 g/mol. The van der Waals surface area contributed by atoms with E-state index in [9.17, 15) is 14.0 Å². The Morgan fingerprint density at radius 1 is 1.00 bits per heavy atom. The first-order chi connectivity index (χ1) is 15.2. The molecule has 0 aliphatic heterocycles. The minimum atomic E-state index is -1.39. The fraction of sp³-hybridized carbons (Fsp3) is 0.160. The van der Waals surface area contributed by atoms with E-state index in [1.54, 1.807) is 12.1 Å². The number of amides is 1. The molecule has 0 unspecified atom stereocenters. The van der Waals surface area contributed by atoms with Gasteiger partial charge < -0.3 is 15.7 Å². The number of hydrogen-bond donors (Lipinski definition) is 2. The van der Waals surface area contributed by atoms with Gasteiger partial charge in [-0.2, -0.15) is 4.99 Å². The van der Waals surface area contributed by atoms with Gasteiger partial charge in [0, 0.05) is 17.7 Å². The maximum Gasteiger partial charge on any atom is 0.338 e. The normalized spacial score (nSPS) is 11.6. The fourth-order valence-electron chi connectivity index (χ4n) is 3.42. The Kier molecular flexibility index (Phi) is 6.80. The van der Waals surface area contributed by atoms with Crippen molar-refractivity contribution >= 4 is 17.7 Å². The molecular formula is C25H24FN3O3. The average molecular weight is 433 g/mol. The Labute approximate surface area is 185 Å². The van der Waals surface area contributed by atoms with E-state index in [0.717, 1.165) is 34.4 Å². The smallest absolute Gasteiger partial charge is 0.338 e. The zero-order valence-corrected chi connectivity index (χ0v) is 18.1. The summed E-state index contributed by atoms with van der Waals surface area (Å²) in [4.78, 5) is 29.6. The standard InChI is InChI=1S/C25H24FN3O3/c1-15-6-4-5-7-19(15)20-10-9-17(12-18(20)14-29(2)3)24(30)28-23(27)16-8-11-21(25(31)32)22(26)13-16/h4-13H,14H2,1-3H3,(H,31,32)(H2,27,28,30). The summed E-state index contributed by atoms with van der Waals surface area (Å²) < 4.78 is 14.0. The second-order valence-corrected chi connectivity index (χ2v) is 7.73. The minimum Gasteiger partial charge on any atom is -0.478 e. The number of amidine groups is 1. The van der Waals surface area contributed by atoms with Crippen LogP contribution in [0.3, 0.4) is 0 Å².